The zero-order chi connectivity index (χ0) is 14.2. The number of ether oxygens (including phenoxy) is 1. The maximum absolute atomic E-state index is 12.1. The van der Waals surface area contributed by atoms with Crippen molar-refractivity contribution >= 4 is 5.97 Å². The minimum atomic E-state index is -0.623. The number of nitrogens with one attached hydrogen (secondary N) is 1. The summed E-state index contributed by atoms with van der Waals surface area (Å²) in [7, 11) is 2.08. The van der Waals surface area contributed by atoms with Gasteiger partial charge in [0.1, 0.15) is 5.54 Å². The van der Waals surface area contributed by atoms with Crippen LogP contribution in [0.1, 0.15) is 47.5 Å². The Morgan fingerprint density at radius 2 is 1.83 bits per heavy atom. The van der Waals surface area contributed by atoms with E-state index in [0.717, 1.165) is 19.4 Å². The van der Waals surface area contributed by atoms with E-state index in [1.807, 2.05) is 20.8 Å². The molecule has 0 aromatic carbocycles. The van der Waals surface area contributed by atoms with Crippen LogP contribution in [0.15, 0.2) is 0 Å². The molecule has 1 unspecified atom stereocenters. The van der Waals surface area contributed by atoms with Gasteiger partial charge in [-0.25, -0.2) is 0 Å². The van der Waals surface area contributed by atoms with Crippen molar-refractivity contribution in [2.45, 2.75) is 59.0 Å². The van der Waals surface area contributed by atoms with Crippen LogP contribution in [0.5, 0.6) is 0 Å². The first-order valence-corrected chi connectivity index (χ1v) is 7.07. The van der Waals surface area contributed by atoms with E-state index >= 15 is 0 Å². The summed E-state index contributed by atoms with van der Waals surface area (Å²) in [5.41, 5.74) is -0.623. The quantitative estimate of drug-likeness (QED) is 0.643. The Labute approximate surface area is 112 Å². The van der Waals surface area contributed by atoms with Gasteiger partial charge in [0.15, 0.2) is 0 Å². The van der Waals surface area contributed by atoms with E-state index in [2.05, 4.69) is 31.1 Å². The zero-order valence-corrected chi connectivity index (χ0v) is 12.9. The Kier molecular flexibility index (Phi) is 8.20. The van der Waals surface area contributed by atoms with Crippen molar-refractivity contribution in [2.24, 2.45) is 0 Å². The van der Waals surface area contributed by atoms with Crippen LogP contribution in [0, 0.1) is 0 Å². The lowest BCUT2D eigenvalue weighted by Crippen LogP contribution is -2.58. The Balaban J connectivity index is 4.73. The second-order valence-electron chi connectivity index (χ2n) is 4.97. The Bertz CT molecular complexity index is 242. The lowest BCUT2D eigenvalue weighted by atomic mass is 10.00. The number of nitrogens with zero attached hydrogens (tertiary/aromatic N) is 1. The zero-order valence-electron chi connectivity index (χ0n) is 12.9. The standard InChI is InChI=1S/C14H30N2O2/c1-7-12(8-2)16(6)11-14(5,15-9-3)13(17)18-10-4/h12,15H,7-11H2,1-6H3. The van der Waals surface area contributed by atoms with Crippen LogP contribution in [0.4, 0.5) is 0 Å². The molecule has 0 aliphatic heterocycles. The highest BCUT2D eigenvalue weighted by Gasteiger charge is 2.35. The summed E-state index contributed by atoms with van der Waals surface area (Å²) < 4.78 is 5.18. The molecule has 0 saturated carbocycles. The highest BCUT2D eigenvalue weighted by Crippen LogP contribution is 2.14. The molecule has 0 bridgehead atoms. The minimum Gasteiger partial charge on any atom is -0.465 e. The Hall–Kier alpha value is -0.610. The van der Waals surface area contributed by atoms with E-state index in [1.54, 1.807) is 0 Å². The van der Waals surface area contributed by atoms with E-state index in [1.165, 1.54) is 0 Å². The number of esters is 1. The first kappa shape index (κ1) is 17.4. The summed E-state index contributed by atoms with van der Waals surface area (Å²) in [5, 5.41) is 3.26. The van der Waals surface area contributed by atoms with Crippen molar-refractivity contribution in [2.75, 3.05) is 26.7 Å². The number of hydrogen-bond donors (Lipinski definition) is 1. The molecule has 0 amide bonds. The third-order valence-corrected chi connectivity index (χ3v) is 3.42. The molecule has 0 saturated heterocycles. The normalized spacial score (nSPS) is 14.9. The molecular formula is C14H30N2O2. The molecule has 18 heavy (non-hydrogen) atoms. The van der Waals surface area contributed by atoms with Gasteiger partial charge in [-0.1, -0.05) is 20.8 Å². The predicted molar refractivity (Wildman–Crippen MR) is 75.7 cm³/mol. The van der Waals surface area contributed by atoms with Gasteiger partial charge in [-0.15, -0.1) is 0 Å². The van der Waals surface area contributed by atoms with Crippen molar-refractivity contribution < 1.29 is 9.53 Å². The average Bonchev–Trinajstić information content (AvgIpc) is 2.31. The number of carbonyl (C=O) groups excluding carboxylic acids is 1. The van der Waals surface area contributed by atoms with Crippen molar-refractivity contribution in [3.8, 4) is 0 Å². The molecule has 0 aromatic rings. The van der Waals surface area contributed by atoms with E-state index in [0.29, 0.717) is 19.2 Å². The molecule has 4 heteroatoms. The van der Waals surface area contributed by atoms with Gasteiger partial charge in [0.25, 0.3) is 0 Å². The second-order valence-corrected chi connectivity index (χ2v) is 4.97. The molecule has 0 fully saturated rings. The molecule has 108 valence electrons. The molecule has 0 aliphatic rings. The fourth-order valence-corrected chi connectivity index (χ4v) is 2.41. The van der Waals surface area contributed by atoms with Gasteiger partial charge in [-0.3, -0.25) is 4.79 Å². The third-order valence-electron chi connectivity index (χ3n) is 3.42. The van der Waals surface area contributed by atoms with Crippen LogP contribution in [-0.2, 0) is 9.53 Å². The molecule has 0 rings (SSSR count). The summed E-state index contributed by atoms with van der Waals surface area (Å²) in [5.74, 6) is -0.162. The maximum atomic E-state index is 12.1. The molecule has 0 radical (unpaired) electrons. The molecule has 0 aliphatic carbocycles. The van der Waals surface area contributed by atoms with Gasteiger partial charge in [0.2, 0.25) is 0 Å². The number of carbonyl (C=O) groups is 1. The molecule has 1 N–H and O–H groups in total. The first-order valence-electron chi connectivity index (χ1n) is 7.07. The third kappa shape index (κ3) is 4.94. The average molecular weight is 258 g/mol. The smallest absolute Gasteiger partial charge is 0.327 e. The van der Waals surface area contributed by atoms with Gasteiger partial charge in [0.05, 0.1) is 6.61 Å². The predicted octanol–water partition coefficient (Wildman–Crippen LogP) is 2.04. The number of rotatable bonds is 9. The van der Waals surface area contributed by atoms with Crippen LogP contribution in [0.2, 0.25) is 0 Å². The molecule has 0 aromatic heterocycles. The van der Waals surface area contributed by atoms with Crippen molar-refractivity contribution in [3.05, 3.63) is 0 Å². The monoisotopic (exact) mass is 258 g/mol. The Morgan fingerprint density at radius 1 is 1.28 bits per heavy atom. The van der Waals surface area contributed by atoms with Crippen LogP contribution in [0.25, 0.3) is 0 Å². The molecule has 0 heterocycles. The summed E-state index contributed by atoms with van der Waals surface area (Å²) in [6.45, 7) is 12.0. The maximum Gasteiger partial charge on any atom is 0.327 e. The SMILES string of the molecule is CCNC(C)(CN(C)C(CC)CC)C(=O)OCC. The van der Waals surface area contributed by atoms with Gasteiger partial charge >= 0.3 is 5.97 Å². The second kappa shape index (κ2) is 8.48. The summed E-state index contributed by atoms with van der Waals surface area (Å²) in [6.07, 6.45) is 2.19. The number of hydrogen-bond acceptors (Lipinski definition) is 4. The van der Waals surface area contributed by atoms with E-state index in [-0.39, 0.29) is 5.97 Å². The van der Waals surface area contributed by atoms with E-state index in [9.17, 15) is 4.79 Å². The van der Waals surface area contributed by atoms with Crippen LogP contribution >= 0.6 is 0 Å². The molecule has 1 atom stereocenters. The first-order chi connectivity index (χ1) is 8.45. The lowest BCUT2D eigenvalue weighted by Gasteiger charge is -2.35. The largest absolute Gasteiger partial charge is 0.465 e. The summed E-state index contributed by atoms with van der Waals surface area (Å²) >= 11 is 0. The topological polar surface area (TPSA) is 41.6 Å². The van der Waals surface area contributed by atoms with Crippen molar-refractivity contribution in [1.29, 1.82) is 0 Å². The van der Waals surface area contributed by atoms with Crippen LogP contribution in [-0.4, -0.2) is 49.2 Å². The van der Waals surface area contributed by atoms with Crippen molar-refractivity contribution in [3.63, 3.8) is 0 Å². The van der Waals surface area contributed by atoms with Gasteiger partial charge < -0.3 is 15.0 Å². The highest BCUT2D eigenvalue weighted by molar-refractivity contribution is 5.80. The van der Waals surface area contributed by atoms with Crippen LogP contribution in [0.3, 0.4) is 0 Å². The van der Waals surface area contributed by atoms with Gasteiger partial charge in [0, 0.05) is 12.6 Å². The van der Waals surface area contributed by atoms with Crippen molar-refractivity contribution in [1.82, 2.24) is 10.2 Å². The van der Waals surface area contributed by atoms with E-state index < -0.39 is 5.54 Å². The number of likely N-dealkylation sites (N-methyl/N-ethyl adjacent to an activating group) is 2. The fourth-order valence-electron chi connectivity index (χ4n) is 2.41. The van der Waals surface area contributed by atoms with Crippen LogP contribution < -0.4 is 5.32 Å². The molecule has 0 spiro atoms. The minimum absolute atomic E-state index is 0.162. The Morgan fingerprint density at radius 3 is 2.22 bits per heavy atom. The summed E-state index contributed by atoms with van der Waals surface area (Å²) in [4.78, 5) is 14.3. The molecule has 4 nitrogen and oxygen atoms in total. The fraction of sp³-hybridized carbons (Fsp3) is 0.929. The van der Waals surface area contributed by atoms with Gasteiger partial charge in [-0.2, -0.15) is 0 Å². The van der Waals surface area contributed by atoms with Gasteiger partial charge in [-0.05, 0) is 40.3 Å². The summed E-state index contributed by atoms with van der Waals surface area (Å²) in [6, 6.07) is 0.511. The lowest BCUT2D eigenvalue weighted by molar-refractivity contribution is -0.151. The highest BCUT2D eigenvalue weighted by atomic mass is 16.5. The van der Waals surface area contributed by atoms with E-state index in [4.69, 9.17) is 4.74 Å². The molecular weight excluding hydrogens is 228 g/mol.